The highest BCUT2D eigenvalue weighted by atomic mass is 16.5. The summed E-state index contributed by atoms with van der Waals surface area (Å²) in [6.45, 7) is 2.24. The van der Waals surface area contributed by atoms with E-state index in [0.717, 1.165) is 5.56 Å². The Morgan fingerprint density at radius 1 is 0.844 bits per heavy atom. The molecule has 0 radical (unpaired) electrons. The van der Waals surface area contributed by atoms with Gasteiger partial charge in [-0.3, -0.25) is 14.4 Å². The molecular weight excluding hydrogens is 572 g/mol. The van der Waals surface area contributed by atoms with Crippen molar-refractivity contribution in [3.8, 4) is 5.75 Å². The van der Waals surface area contributed by atoms with Crippen LogP contribution in [0.3, 0.4) is 0 Å². The Balaban J connectivity index is 1.22. The Bertz CT molecular complexity index is 1710. The monoisotopic (exact) mass is 606 g/mol. The summed E-state index contributed by atoms with van der Waals surface area (Å²) >= 11 is 0. The minimum atomic E-state index is -0.954. The van der Waals surface area contributed by atoms with E-state index in [0.29, 0.717) is 52.5 Å². The number of methoxy groups -OCH3 is 1. The standard InChI is InChI=1S/C35H34N4O6/c1-22-8-6-7-11-28(22)37-35(44)38-29-17-12-23(20-30(29)45-2)21-31(40)36-26-15-13-24(14-16-26)32-27(34(42)43)18-19-39(32)33(41)25-9-4-3-5-10-25/h3-17,20,27,32H,18-19,21H2,1-2H3,(H,36,40)(H,42,43)(H2,37,38,44). The number of ether oxygens (including phenoxy) is 1. The Morgan fingerprint density at radius 2 is 1.53 bits per heavy atom. The van der Waals surface area contributed by atoms with Crippen LogP contribution in [-0.2, 0) is 16.0 Å². The molecule has 4 aromatic rings. The Labute approximate surface area is 261 Å². The number of likely N-dealkylation sites (tertiary alicyclic amines) is 1. The summed E-state index contributed by atoms with van der Waals surface area (Å²) in [7, 11) is 1.49. The Kier molecular flexibility index (Phi) is 9.43. The number of hydrogen-bond acceptors (Lipinski definition) is 5. The van der Waals surface area contributed by atoms with Crippen LogP contribution in [0.1, 0.15) is 39.5 Å². The normalized spacial score (nSPS) is 15.6. The minimum Gasteiger partial charge on any atom is -0.495 e. The van der Waals surface area contributed by atoms with E-state index in [4.69, 9.17) is 4.74 Å². The number of hydrogen-bond donors (Lipinski definition) is 4. The summed E-state index contributed by atoms with van der Waals surface area (Å²) in [5, 5.41) is 18.3. The SMILES string of the molecule is COc1cc(CC(=O)Nc2ccc(C3C(C(=O)O)CCN3C(=O)c3ccccc3)cc2)ccc1NC(=O)Nc1ccccc1C. The maximum Gasteiger partial charge on any atom is 0.323 e. The number of carboxylic acid groups (broad SMARTS) is 1. The molecule has 1 heterocycles. The third-order valence-electron chi connectivity index (χ3n) is 7.80. The molecule has 0 spiro atoms. The fraction of sp³-hybridized carbons (Fsp3) is 0.200. The maximum atomic E-state index is 13.2. The molecule has 4 aromatic carbocycles. The molecule has 0 aromatic heterocycles. The van der Waals surface area contributed by atoms with E-state index in [1.807, 2.05) is 37.3 Å². The second-order valence-electron chi connectivity index (χ2n) is 10.8. The number of aliphatic carboxylic acids is 1. The van der Waals surface area contributed by atoms with E-state index >= 15 is 0 Å². The first-order valence-corrected chi connectivity index (χ1v) is 14.5. The Morgan fingerprint density at radius 3 is 2.22 bits per heavy atom. The topological polar surface area (TPSA) is 137 Å². The lowest BCUT2D eigenvalue weighted by Crippen LogP contribution is -2.33. The molecule has 1 aliphatic rings. The number of carbonyl (C=O) groups is 4. The first-order chi connectivity index (χ1) is 21.7. The molecular formula is C35H34N4O6. The lowest BCUT2D eigenvalue weighted by molar-refractivity contribution is -0.142. The summed E-state index contributed by atoms with van der Waals surface area (Å²) in [4.78, 5) is 52.4. The van der Waals surface area contributed by atoms with Gasteiger partial charge >= 0.3 is 12.0 Å². The van der Waals surface area contributed by atoms with Gasteiger partial charge in [-0.2, -0.15) is 0 Å². The molecule has 230 valence electrons. The van der Waals surface area contributed by atoms with E-state index in [2.05, 4.69) is 16.0 Å². The van der Waals surface area contributed by atoms with Crippen molar-refractivity contribution < 1.29 is 29.0 Å². The zero-order valence-corrected chi connectivity index (χ0v) is 24.9. The zero-order chi connectivity index (χ0) is 31.9. The number of aryl methyl sites for hydroxylation is 1. The second kappa shape index (κ2) is 13.8. The van der Waals surface area contributed by atoms with E-state index < -0.39 is 24.0 Å². The van der Waals surface area contributed by atoms with Crippen LogP contribution < -0.4 is 20.7 Å². The highest BCUT2D eigenvalue weighted by Gasteiger charge is 2.42. The van der Waals surface area contributed by atoms with Gasteiger partial charge in [-0.25, -0.2) is 4.79 Å². The number of amides is 4. The Hall–Kier alpha value is -5.64. The van der Waals surface area contributed by atoms with Crippen LogP contribution in [0, 0.1) is 12.8 Å². The molecule has 5 rings (SSSR count). The number of rotatable bonds is 9. The van der Waals surface area contributed by atoms with Crippen molar-refractivity contribution >= 4 is 40.9 Å². The lowest BCUT2D eigenvalue weighted by Gasteiger charge is -2.27. The quantitative estimate of drug-likeness (QED) is 0.181. The minimum absolute atomic E-state index is 0.0524. The summed E-state index contributed by atoms with van der Waals surface area (Å²) in [5.41, 5.74) is 4.47. The third-order valence-corrected chi connectivity index (χ3v) is 7.80. The molecule has 10 nitrogen and oxygen atoms in total. The first-order valence-electron chi connectivity index (χ1n) is 14.5. The van der Waals surface area contributed by atoms with Crippen molar-refractivity contribution in [1.82, 2.24) is 4.90 Å². The number of benzene rings is 4. The van der Waals surface area contributed by atoms with Crippen molar-refractivity contribution in [2.45, 2.75) is 25.8 Å². The van der Waals surface area contributed by atoms with Crippen molar-refractivity contribution in [2.75, 3.05) is 29.6 Å². The molecule has 1 fully saturated rings. The molecule has 0 bridgehead atoms. The van der Waals surface area contributed by atoms with Crippen LogP contribution in [0.2, 0.25) is 0 Å². The molecule has 4 N–H and O–H groups in total. The lowest BCUT2D eigenvalue weighted by atomic mass is 9.93. The van der Waals surface area contributed by atoms with Gasteiger partial charge in [0.05, 0.1) is 31.2 Å². The van der Waals surface area contributed by atoms with Crippen LogP contribution in [0.25, 0.3) is 0 Å². The summed E-state index contributed by atoms with van der Waals surface area (Å²) in [6, 6.07) is 27.2. The van der Waals surface area contributed by atoms with Crippen LogP contribution in [-0.4, -0.2) is 47.5 Å². The fourth-order valence-electron chi connectivity index (χ4n) is 5.53. The number of para-hydroxylation sites is 1. The molecule has 0 aliphatic carbocycles. The molecule has 4 amide bonds. The fourth-order valence-corrected chi connectivity index (χ4v) is 5.53. The average molecular weight is 607 g/mol. The van der Waals surface area contributed by atoms with Crippen molar-refractivity contribution in [2.24, 2.45) is 5.92 Å². The van der Waals surface area contributed by atoms with Gasteiger partial charge < -0.3 is 30.7 Å². The number of carboxylic acids is 1. The average Bonchev–Trinajstić information content (AvgIpc) is 3.49. The van der Waals surface area contributed by atoms with E-state index in [-0.39, 0.29) is 18.2 Å². The van der Waals surface area contributed by atoms with Gasteiger partial charge in [0.2, 0.25) is 5.91 Å². The number of nitrogens with one attached hydrogen (secondary N) is 3. The zero-order valence-electron chi connectivity index (χ0n) is 24.9. The molecule has 0 saturated carbocycles. The molecule has 2 atom stereocenters. The molecule has 1 saturated heterocycles. The summed E-state index contributed by atoms with van der Waals surface area (Å²) < 4.78 is 5.46. The van der Waals surface area contributed by atoms with E-state index in [9.17, 15) is 24.3 Å². The highest BCUT2D eigenvalue weighted by molar-refractivity contribution is 6.01. The van der Waals surface area contributed by atoms with Gasteiger partial charge in [-0.05, 0) is 72.5 Å². The number of anilines is 3. The first kappa shape index (κ1) is 30.8. The molecule has 2 unspecified atom stereocenters. The van der Waals surface area contributed by atoms with Crippen LogP contribution >= 0.6 is 0 Å². The van der Waals surface area contributed by atoms with Gasteiger partial charge in [-0.1, -0.05) is 54.6 Å². The largest absolute Gasteiger partial charge is 0.495 e. The summed E-state index contributed by atoms with van der Waals surface area (Å²) in [5.74, 6) is -1.77. The van der Waals surface area contributed by atoms with Gasteiger partial charge in [0.1, 0.15) is 5.75 Å². The van der Waals surface area contributed by atoms with E-state index in [1.54, 1.807) is 71.6 Å². The van der Waals surface area contributed by atoms with Gasteiger partial charge in [0, 0.05) is 23.5 Å². The maximum absolute atomic E-state index is 13.2. The van der Waals surface area contributed by atoms with Gasteiger partial charge in [0.15, 0.2) is 0 Å². The molecule has 1 aliphatic heterocycles. The third kappa shape index (κ3) is 7.30. The van der Waals surface area contributed by atoms with Gasteiger partial charge in [-0.15, -0.1) is 0 Å². The predicted molar refractivity (Wildman–Crippen MR) is 172 cm³/mol. The summed E-state index contributed by atoms with van der Waals surface area (Å²) in [6.07, 6.45) is 0.406. The number of carbonyl (C=O) groups excluding carboxylic acids is 3. The van der Waals surface area contributed by atoms with Crippen molar-refractivity contribution in [3.05, 3.63) is 119 Å². The van der Waals surface area contributed by atoms with Crippen molar-refractivity contribution in [3.63, 3.8) is 0 Å². The molecule has 45 heavy (non-hydrogen) atoms. The predicted octanol–water partition coefficient (Wildman–Crippen LogP) is 6.12. The number of urea groups is 1. The smallest absolute Gasteiger partial charge is 0.323 e. The van der Waals surface area contributed by atoms with Crippen LogP contribution in [0.15, 0.2) is 97.1 Å². The van der Waals surface area contributed by atoms with E-state index in [1.165, 1.54) is 7.11 Å². The number of nitrogens with zero attached hydrogens (tertiary/aromatic N) is 1. The van der Waals surface area contributed by atoms with Crippen LogP contribution in [0.5, 0.6) is 5.75 Å². The molecule has 10 heteroatoms. The van der Waals surface area contributed by atoms with Gasteiger partial charge in [0.25, 0.3) is 5.91 Å². The van der Waals surface area contributed by atoms with Crippen molar-refractivity contribution in [1.29, 1.82) is 0 Å². The second-order valence-corrected chi connectivity index (χ2v) is 10.8. The van der Waals surface area contributed by atoms with Crippen LogP contribution in [0.4, 0.5) is 21.9 Å². The highest BCUT2D eigenvalue weighted by Crippen LogP contribution is 2.39.